The number of nitrogens with one attached hydrogen (secondary N) is 1. The maximum atomic E-state index is 14.7. The number of likely N-dealkylation sites (tertiary alicyclic amines) is 1. The summed E-state index contributed by atoms with van der Waals surface area (Å²) in [7, 11) is 0. The number of carbonyl (C=O) groups excluding carboxylic acids is 4. The lowest BCUT2D eigenvalue weighted by molar-refractivity contribution is -0.161. The van der Waals surface area contributed by atoms with Crippen LogP contribution in [0.5, 0.6) is 0 Å². The first-order valence-electron chi connectivity index (χ1n) is 17.2. The molecule has 47 heavy (non-hydrogen) atoms. The zero-order chi connectivity index (χ0) is 34.3. The lowest BCUT2D eigenvalue weighted by Gasteiger charge is -2.41. The van der Waals surface area contributed by atoms with Gasteiger partial charge in [0, 0.05) is 19.0 Å². The van der Waals surface area contributed by atoms with E-state index in [0.29, 0.717) is 37.8 Å². The number of ether oxygens (including phenoxy) is 2. The summed E-state index contributed by atoms with van der Waals surface area (Å²) in [5.74, 6) is -3.11. The second-order valence-electron chi connectivity index (χ2n) is 13.7. The Balaban J connectivity index is 1.69. The lowest BCUT2D eigenvalue weighted by atomic mass is 9.70. The molecule has 1 aromatic rings. The average molecular weight is 652 g/mol. The highest BCUT2D eigenvalue weighted by Crippen LogP contribution is 2.59. The van der Waals surface area contributed by atoms with Gasteiger partial charge in [0.1, 0.15) is 17.7 Å². The smallest absolute Gasteiger partial charge is 0.313 e. The summed E-state index contributed by atoms with van der Waals surface area (Å²) in [5.41, 5.74) is -0.516. The van der Waals surface area contributed by atoms with Crippen molar-refractivity contribution in [3.63, 3.8) is 0 Å². The molecule has 0 aliphatic carbocycles. The van der Waals surface area contributed by atoms with Gasteiger partial charge in [0.25, 0.3) is 0 Å². The summed E-state index contributed by atoms with van der Waals surface area (Å²) >= 11 is 0. The first kappa shape index (κ1) is 36.3. The van der Waals surface area contributed by atoms with Gasteiger partial charge in [-0.3, -0.25) is 19.2 Å². The van der Waals surface area contributed by atoms with E-state index in [4.69, 9.17) is 9.47 Å². The summed E-state index contributed by atoms with van der Waals surface area (Å²) in [6.45, 7) is 15.7. The van der Waals surface area contributed by atoms with E-state index in [-0.39, 0.29) is 49.3 Å². The van der Waals surface area contributed by atoms with Gasteiger partial charge in [-0.25, -0.2) is 0 Å². The predicted octanol–water partition coefficient (Wildman–Crippen LogP) is 4.34. The van der Waals surface area contributed by atoms with Crippen LogP contribution in [0.4, 0.5) is 0 Å². The van der Waals surface area contributed by atoms with E-state index in [0.717, 1.165) is 12.8 Å². The number of esters is 1. The Hall–Kier alpha value is -3.50. The van der Waals surface area contributed by atoms with Crippen molar-refractivity contribution in [2.75, 3.05) is 19.7 Å². The maximum Gasteiger partial charge on any atom is 0.313 e. The Morgan fingerprint density at radius 3 is 2.53 bits per heavy atom. The van der Waals surface area contributed by atoms with Crippen molar-refractivity contribution in [3.05, 3.63) is 61.2 Å². The average Bonchev–Trinajstić information content (AvgIpc) is 3.70. The number of hydrogen-bond donors (Lipinski definition) is 2. The maximum absolute atomic E-state index is 14.7. The van der Waals surface area contributed by atoms with Crippen molar-refractivity contribution in [3.8, 4) is 0 Å². The molecule has 3 aliphatic rings. The molecule has 3 saturated heterocycles. The van der Waals surface area contributed by atoms with E-state index >= 15 is 0 Å². The monoisotopic (exact) mass is 651 g/mol. The summed E-state index contributed by atoms with van der Waals surface area (Å²) in [5, 5.41) is 13.4. The topological polar surface area (TPSA) is 125 Å². The minimum absolute atomic E-state index is 0.0633. The number of nitrogens with zero attached hydrogens (tertiary/aromatic N) is 2. The van der Waals surface area contributed by atoms with Gasteiger partial charge < -0.3 is 29.7 Å². The minimum Gasteiger partial charge on any atom is -0.455 e. The van der Waals surface area contributed by atoms with Crippen LogP contribution < -0.4 is 5.32 Å². The summed E-state index contributed by atoms with van der Waals surface area (Å²) in [6.07, 6.45) is 5.84. The van der Waals surface area contributed by atoms with Crippen LogP contribution in [0, 0.1) is 17.8 Å². The summed E-state index contributed by atoms with van der Waals surface area (Å²) < 4.78 is 12.8. The van der Waals surface area contributed by atoms with E-state index in [9.17, 15) is 24.3 Å². The Morgan fingerprint density at radius 2 is 1.91 bits per heavy atom. The summed E-state index contributed by atoms with van der Waals surface area (Å²) in [4.78, 5) is 59.2. The zero-order valence-electron chi connectivity index (χ0n) is 28.4. The van der Waals surface area contributed by atoms with Crippen LogP contribution in [0.3, 0.4) is 0 Å². The molecule has 2 N–H and O–H groups in total. The highest BCUT2D eigenvalue weighted by molar-refractivity contribution is 5.98. The van der Waals surface area contributed by atoms with E-state index in [1.54, 1.807) is 17.1 Å². The molecule has 0 radical (unpaired) electrons. The van der Waals surface area contributed by atoms with E-state index < -0.39 is 47.7 Å². The van der Waals surface area contributed by atoms with Gasteiger partial charge in [-0.2, -0.15) is 0 Å². The summed E-state index contributed by atoms with van der Waals surface area (Å²) in [6, 6.07) is 7.45. The number of allylic oxidation sites excluding steroid dienone is 1. The Kier molecular flexibility index (Phi) is 12.4. The quantitative estimate of drug-likeness (QED) is 0.179. The van der Waals surface area contributed by atoms with Crippen LogP contribution in [0.2, 0.25) is 0 Å². The molecule has 1 aromatic carbocycles. The molecule has 10 nitrogen and oxygen atoms in total. The van der Waals surface area contributed by atoms with Crippen molar-refractivity contribution >= 4 is 23.7 Å². The zero-order valence-corrected chi connectivity index (χ0v) is 28.4. The highest BCUT2D eigenvalue weighted by Gasteiger charge is 2.75. The molecule has 1 unspecified atom stereocenters. The second-order valence-corrected chi connectivity index (χ2v) is 13.7. The molecule has 1 spiro atoms. The van der Waals surface area contributed by atoms with Gasteiger partial charge in [-0.05, 0) is 50.5 Å². The largest absolute Gasteiger partial charge is 0.455 e. The number of carbonyl (C=O) groups is 4. The van der Waals surface area contributed by atoms with Crippen LogP contribution >= 0.6 is 0 Å². The molecule has 8 atom stereocenters. The first-order valence-corrected chi connectivity index (χ1v) is 17.2. The number of amides is 3. The van der Waals surface area contributed by atoms with Crippen LogP contribution in [-0.2, 0) is 28.7 Å². The number of rotatable bonds is 18. The number of fused-ring (bicyclic) bond motifs is 1. The Morgan fingerprint density at radius 1 is 1.19 bits per heavy atom. The van der Waals surface area contributed by atoms with Crippen LogP contribution in [0.25, 0.3) is 0 Å². The third-order valence-corrected chi connectivity index (χ3v) is 9.93. The normalized spacial score (nSPS) is 26.4. The van der Waals surface area contributed by atoms with E-state index in [2.05, 4.69) is 25.4 Å². The Bertz CT molecular complexity index is 1290. The molecule has 3 heterocycles. The first-order chi connectivity index (χ1) is 22.5. The molecule has 3 aliphatic heterocycles. The fourth-order valence-corrected chi connectivity index (χ4v) is 7.85. The SMILES string of the molecule is C=CCCC(=O)NC[C@H](OC(=O)[C@@H]1[C@H]2C(=O)N([C@@H](CO)CC(C)C)[C@H](C(=O)N(CC=C)C(C)CCC)[C@]23CC[C@H]1O3)c1ccccc1. The third kappa shape index (κ3) is 7.49. The molecule has 3 amide bonds. The van der Waals surface area contributed by atoms with Crippen molar-refractivity contribution in [1.29, 1.82) is 0 Å². The van der Waals surface area contributed by atoms with Gasteiger partial charge in [0.05, 0.1) is 37.1 Å². The molecule has 10 heteroatoms. The standard InChI is InChI=1S/C37H53N3O7/c1-7-10-17-30(42)38-22-29(26-15-12-11-13-16-26)46-36(45)31-28-18-19-37(47-28)32(31)34(43)40(27(23-41)21-24(4)5)33(37)35(44)39(20-9-3)25(6)14-8-2/h7,9,11-13,15-16,24-25,27-29,31-33,41H,1,3,8,10,14,17-23H2,2,4-6H3,(H,38,42)/t25?,27-,28-,29+,31+,32+,33-,37+/m1/s1. The predicted molar refractivity (Wildman–Crippen MR) is 179 cm³/mol. The molecule has 4 rings (SSSR count). The van der Waals surface area contributed by atoms with Gasteiger partial charge in [0.15, 0.2) is 0 Å². The molecular formula is C37H53N3O7. The molecule has 258 valence electrons. The fraction of sp³-hybridized carbons (Fsp3) is 0.622. The molecule has 0 aromatic heterocycles. The molecule has 0 saturated carbocycles. The van der Waals surface area contributed by atoms with E-state index in [1.165, 1.54) is 4.90 Å². The van der Waals surface area contributed by atoms with Crippen molar-refractivity contribution in [1.82, 2.24) is 15.1 Å². The number of aliphatic hydroxyl groups excluding tert-OH is 1. The van der Waals surface area contributed by atoms with Gasteiger partial charge in [0.2, 0.25) is 17.7 Å². The number of benzene rings is 1. The Labute approximate surface area is 279 Å². The molecule has 2 bridgehead atoms. The van der Waals surface area contributed by atoms with Gasteiger partial charge in [-0.15, -0.1) is 13.2 Å². The van der Waals surface area contributed by atoms with Gasteiger partial charge in [-0.1, -0.05) is 69.7 Å². The van der Waals surface area contributed by atoms with Gasteiger partial charge >= 0.3 is 5.97 Å². The second kappa shape index (κ2) is 16.1. The lowest BCUT2D eigenvalue weighted by Crippen LogP contribution is -2.60. The number of aliphatic hydroxyl groups is 1. The van der Waals surface area contributed by atoms with Crippen LogP contribution in [0.15, 0.2) is 55.6 Å². The molecular weight excluding hydrogens is 598 g/mol. The fourth-order valence-electron chi connectivity index (χ4n) is 7.85. The third-order valence-electron chi connectivity index (χ3n) is 9.93. The molecule has 3 fully saturated rings. The number of hydrogen-bond acceptors (Lipinski definition) is 7. The van der Waals surface area contributed by atoms with Crippen molar-refractivity contribution in [2.45, 2.75) is 109 Å². The highest BCUT2D eigenvalue weighted by atomic mass is 16.6. The van der Waals surface area contributed by atoms with Crippen molar-refractivity contribution in [2.24, 2.45) is 17.8 Å². The van der Waals surface area contributed by atoms with E-state index in [1.807, 2.05) is 51.1 Å². The van der Waals surface area contributed by atoms with Crippen molar-refractivity contribution < 1.29 is 33.8 Å². The minimum atomic E-state index is -1.22. The van der Waals surface area contributed by atoms with Crippen LogP contribution in [0.1, 0.15) is 84.3 Å². The van der Waals surface area contributed by atoms with Crippen LogP contribution in [-0.4, -0.2) is 88.1 Å².